The second-order valence-corrected chi connectivity index (χ2v) is 3.96. The van der Waals surface area contributed by atoms with Crippen LogP contribution in [-0.2, 0) is 25.2 Å². The van der Waals surface area contributed by atoms with Crippen molar-refractivity contribution in [1.82, 2.24) is 0 Å². The first kappa shape index (κ1) is 15.7. The Morgan fingerprint density at radius 2 is 2.14 bits per heavy atom. The fraction of sp³-hybridized carbons (Fsp3) is 0. The smallest absolute Gasteiger partial charge is 0.170 e. The Hall–Kier alpha value is 1.11. The molecule has 5 heteroatoms. The number of halogens is 1. The van der Waals surface area contributed by atoms with Crippen LogP contribution < -0.4 is 0 Å². The van der Waals surface area contributed by atoms with Crippen LogP contribution in [0.5, 0.6) is 0 Å². The Morgan fingerprint density at radius 3 is 2.14 bits per heavy atom. The van der Waals surface area contributed by atoms with Crippen molar-refractivity contribution < 1.29 is 25.2 Å². The zero-order chi connectivity index (χ0) is 4.12. The average Bonchev–Trinajstić information content (AvgIpc) is 1.41. The van der Waals surface area contributed by atoms with Gasteiger partial charge in [-0.25, -0.2) is 0 Å². The first-order chi connectivity index (χ1) is 2.41. The summed E-state index contributed by atoms with van der Waals surface area (Å²) < 4.78 is 4.85. The van der Waals surface area contributed by atoms with Gasteiger partial charge in [0.2, 0.25) is 0 Å². The minimum atomic E-state index is -0.242. The molecular formula is C2H9ClOPtSi2. The largest absolute Gasteiger partial charge is 0.465 e. The van der Waals surface area contributed by atoms with E-state index < -0.39 is 0 Å². The van der Waals surface area contributed by atoms with Crippen LogP contribution in [0.15, 0.2) is 12.3 Å². The Kier molecular flexibility index (Phi) is 35.2. The predicted octanol–water partition coefficient (Wildman–Crippen LogP) is -1.07. The third-order valence-corrected chi connectivity index (χ3v) is 1.85. The van der Waals surface area contributed by atoms with Crippen molar-refractivity contribution >= 4 is 32.7 Å². The van der Waals surface area contributed by atoms with E-state index in [-0.39, 0.29) is 43.2 Å². The average molecular weight is 336 g/mol. The molecule has 0 aromatic rings. The molecule has 0 aromatic carbocycles. The van der Waals surface area contributed by atoms with E-state index in [2.05, 4.69) is 6.58 Å². The quantitative estimate of drug-likeness (QED) is 0.584. The second kappa shape index (κ2) is 15.7. The molecule has 0 heterocycles. The van der Waals surface area contributed by atoms with Gasteiger partial charge in [0.05, 0.1) is 0 Å². The van der Waals surface area contributed by atoms with Crippen molar-refractivity contribution in [2.24, 2.45) is 0 Å². The maximum absolute atomic E-state index is 4.85. The summed E-state index contributed by atoms with van der Waals surface area (Å²) in [7, 11) is 0.647. The normalized spacial score (nSPS) is 7.43. The molecule has 0 fully saturated rings. The van der Waals surface area contributed by atoms with Gasteiger partial charge in [-0.3, -0.25) is 0 Å². The zero-order valence-corrected chi connectivity index (χ0v) is 10.6. The molecule has 0 N–H and O–H groups in total. The summed E-state index contributed by atoms with van der Waals surface area (Å²) >= 11 is 0. The predicted molar refractivity (Wildman–Crippen MR) is 37.0 cm³/mol. The maximum Gasteiger partial charge on any atom is 0.170 e. The second-order valence-electron chi connectivity index (χ2n) is 0.744. The third-order valence-electron chi connectivity index (χ3n) is 0.285. The van der Waals surface area contributed by atoms with Crippen LogP contribution in [0.4, 0.5) is 0 Å². The van der Waals surface area contributed by atoms with Gasteiger partial charge in [0.25, 0.3) is 0 Å². The van der Waals surface area contributed by atoms with E-state index in [0.29, 0.717) is 0 Å². The minimum absolute atomic E-state index is 0. The monoisotopic (exact) mass is 335 g/mol. The molecule has 7 heavy (non-hydrogen) atoms. The summed E-state index contributed by atoms with van der Waals surface area (Å²) in [5.74, 6) is 0. The van der Waals surface area contributed by atoms with Crippen LogP contribution in [0.3, 0.4) is 0 Å². The molecule has 0 aliphatic heterocycles. The van der Waals surface area contributed by atoms with Gasteiger partial charge in [-0.05, 0) is 0 Å². The maximum atomic E-state index is 4.85. The van der Waals surface area contributed by atoms with Gasteiger partial charge >= 0.3 is 0 Å². The SMILES string of the molecule is C=C[SiH2]O[SiH3].Cl.[Pt]. The van der Waals surface area contributed by atoms with E-state index >= 15 is 0 Å². The third kappa shape index (κ3) is 19.2. The van der Waals surface area contributed by atoms with Gasteiger partial charge in [-0.1, -0.05) is 5.70 Å². The molecule has 0 radical (unpaired) electrons. The number of hydrogen-bond acceptors (Lipinski definition) is 1. The summed E-state index contributed by atoms with van der Waals surface area (Å²) in [6.07, 6.45) is 0. The first-order valence-corrected chi connectivity index (χ1v) is 3.72. The number of hydrogen-bond donors (Lipinski definition) is 0. The molecular weight excluding hydrogens is 327 g/mol. The fourth-order valence-corrected chi connectivity index (χ4v) is 1.06. The molecule has 0 bridgehead atoms. The van der Waals surface area contributed by atoms with Gasteiger partial charge < -0.3 is 4.12 Å². The van der Waals surface area contributed by atoms with Gasteiger partial charge in [0.1, 0.15) is 10.5 Å². The first-order valence-electron chi connectivity index (χ1n) is 1.51. The Labute approximate surface area is 70.1 Å². The van der Waals surface area contributed by atoms with Gasteiger partial charge in [0, 0.05) is 21.1 Å². The molecule has 0 rings (SSSR count). The van der Waals surface area contributed by atoms with Crippen molar-refractivity contribution in [2.75, 3.05) is 0 Å². The van der Waals surface area contributed by atoms with E-state index in [4.69, 9.17) is 4.12 Å². The summed E-state index contributed by atoms with van der Waals surface area (Å²) in [5, 5.41) is 0. The van der Waals surface area contributed by atoms with Crippen molar-refractivity contribution in [1.29, 1.82) is 0 Å². The van der Waals surface area contributed by atoms with Gasteiger partial charge in [-0.15, -0.1) is 19.0 Å². The van der Waals surface area contributed by atoms with Crippen molar-refractivity contribution in [3.63, 3.8) is 0 Å². The van der Waals surface area contributed by atoms with Crippen LogP contribution in [0.25, 0.3) is 0 Å². The molecule has 48 valence electrons. The van der Waals surface area contributed by atoms with Crippen LogP contribution in [0, 0.1) is 0 Å². The summed E-state index contributed by atoms with van der Waals surface area (Å²) in [5.41, 5.74) is 1.88. The molecule has 0 aromatic heterocycles. The van der Waals surface area contributed by atoms with E-state index in [0.717, 1.165) is 10.5 Å². The molecule has 0 amide bonds. The molecule has 0 aliphatic carbocycles. The van der Waals surface area contributed by atoms with Crippen LogP contribution in [0.1, 0.15) is 0 Å². The van der Waals surface area contributed by atoms with Gasteiger partial charge in [-0.2, -0.15) is 0 Å². The van der Waals surface area contributed by atoms with E-state index in [1.165, 1.54) is 0 Å². The molecule has 0 saturated carbocycles. The van der Waals surface area contributed by atoms with E-state index in [9.17, 15) is 0 Å². The van der Waals surface area contributed by atoms with Crippen LogP contribution in [0.2, 0.25) is 0 Å². The fourth-order valence-electron chi connectivity index (χ4n) is 0.118. The van der Waals surface area contributed by atoms with Crippen LogP contribution in [-0.4, -0.2) is 20.2 Å². The Balaban J connectivity index is -0.0000000800. The zero-order valence-electron chi connectivity index (χ0n) is 4.12. The Bertz CT molecular complexity index is 36.9. The van der Waals surface area contributed by atoms with E-state index in [1.54, 1.807) is 0 Å². The minimum Gasteiger partial charge on any atom is -0.465 e. The van der Waals surface area contributed by atoms with Gasteiger partial charge in [0.15, 0.2) is 9.76 Å². The van der Waals surface area contributed by atoms with E-state index in [1.807, 2.05) is 5.70 Å². The molecule has 0 spiro atoms. The summed E-state index contributed by atoms with van der Waals surface area (Å²) in [6, 6.07) is 0. The van der Waals surface area contributed by atoms with Crippen molar-refractivity contribution in [2.45, 2.75) is 0 Å². The van der Waals surface area contributed by atoms with Crippen molar-refractivity contribution in [3.05, 3.63) is 12.3 Å². The molecule has 0 aliphatic rings. The Morgan fingerprint density at radius 1 is 1.71 bits per heavy atom. The standard InChI is InChI=1S/C2H8OSi2.ClH.Pt/c1-2-5-3-4;;/h2H,1,5H2,4H3;1H;. The van der Waals surface area contributed by atoms with Crippen molar-refractivity contribution in [3.8, 4) is 0 Å². The number of rotatable bonds is 2. The molecule has 0 atom stereocenters. The van der Waals surface area contributed by atoms with Crippen LogP contribution >= 0.6 is 12.4 Å². The molecule has 0 saturated heterocycles. The molecule has 1 nitrogen and oxygen atoms in total. The molecule has 0 unspecified atom stereocenters. The topological polar surface area (TPSA) is 9.23 Å². The summed E-state index contributed by atoms with van der Waals surface area (Å²) in [6.45, 7) is 3.51. The summed E-state index contributed by atoms with van der Waals surface area (Å²) in [4.78, 5) is 0.